The molecule has 2 aromatic carbocycles. The van der Waals surface area contributed by atoms with Gasteiger partial charge < -0.3 is 0 Å². The molecule has 0 aliphatic carbocycles. The first kappa shape index (κ1) is 20.3. The molecule has 1 aliphatic heterocycles. The maximum Gasteiger partial charge on any atom is 0.416 e. The number of nitrogens with one attached hydrogen (secondary N) is 1. The predicted molar refractivity (Wildman–Crippen MR) is 98.1 cm³/mol. The van der Waals surface area contributed by atoms with E-state index in [1.165, 1.54) is 6.20 Å². The van der Waals surface area contributed by atoms with Crippen LogP contribution in [0.4, 0.5) is 27.6 Å². The van der Waals surface area contributed by atoms with E-state index in [4.69, 9.17) is 0 Å². The van der Waals surface area contributed by atoms with E-state index in [9.17, 15) is 30.4 Å². The maximum atomic E-state index is 14.0. The van der Waals surface area contributed by atoms with E-state index in [-0.39, 0.29) is 17.7 Å². The van der Waals surface area contributed by atoms with Gasteiger partial charge in [-0.3, -0.25) is 9.40 Å². The Balaban J connectivity index is 1.92. The molecule has 4 rings (SSSR count). The number of nitrogens with zero attached hydrogens (tertiary/aromatic N) is 2. The highest BCUT2D eigenvalue weighted by atomic mass is 32.2. The normalized spacial score (nSPS) is 16.3. The molecule has 158 valence electrons. The Kier molecular flexibility index (Phi) is 4.60. The van der Waals surface area contributed by atoms with Crippen LogP contribution in [0.3, 0.4) is 0 Å². The highest BCUT2D eigenvalue weighted by Gasteiger charge is 2.40. The van der Waals surface area contributed by atoms with Crippen molar-refractivity contribution in [1.29, 1.82) is 0 Å². The number of H-pyrrole nitrogens is 1. The van der Waals surface area contributed by atoms with Crippen LogP contribution in [0.5, 0.6) is 0 Å². The first-order valence-corrected chi connectivity index (χ1v) is 10.2. The van der Waals surface area contributed by atoms with E-state index in [0.717, 1.165) is 28.6 Å². The standard InChI is InChI=1S/C19H14F5N3O2S/c1-2-16-13-9-25-26-18(13)12-7-14(20)15(21)8-17(12)27(16)30(28,29)11-5-3-10(4-6-11)19(22,23)24/h3-9,16H,2H2,1H3,(H,25,26)/t16-/m1/s1. The van der Waals surface area contributed by atoms with Crippen LogP contribution in [0.15, 0.2) is 47.5 Å². The zero-order valence-electron chi connectivity index (χ0n) is 15.3. The quantitative estimate of drug-likeness (QED) is 0.578. The third-order valence-corrected chi connectivity index (χ3v) is 6.82. The number of sulfonamides is 1. The fraction of sp³-hybridized carbons (Fsp3) is 0.211. The molecular formula is C19H14F5N3O2S. The largest absolute Gasteiger partial charge is 0.416 e. The highest BCUT2D eigenvalue weighted by Crippen LogP contribution is 2.48. The minimum absolute atomic E-state index is 0.0848. The summed E-state index contributed by atoms with van der Waals surface area (Å²) in [7, 11) is -4.41. The van der Waals surface area contributed by atoms with Crippen LogP contribution in [0, 0.1) is 11.6 Å². The van der Waals surface area contributed by atoms with Crippen molar-refractivity contribution in [3.05, 3.63) is 65.4 Å². The predicted octanol–water partition coefficient (Wildman–Crippen LogP) is 5.03. The Labute approximate surface area is 168 Å². The maximum absolute atomic E-state index is 14.0. The van der Waals surface area contributed by atoms with Crippen molar-refractivity contribution < 1.29 is 30.4 Å². The SMILES string of the molecule is CC[C@@H]1c2cn[nH]c2-c2cc(F)c(F)cc2N1S(=O)(=O)c1ccc(C(F)(F)F)cc1. The van der Waals surface area contributed by atoms with Gasteiger partial charge in [-0.15, -0.1) is 0 Å². The van der Waals surface area contributed by atoms with Gasteiger partial charge in [-0.2, -0.15) is 18.3 Å². The Morgan fingerprint density at radius 2 is 1.73 bits per heavy atom. The molecule has 0 saturated carbocycles. The third kappa shape index (κ3) is 3.04. The van der Waals surface area contributed by atoms with Crippen LogP contribution in [0.25, 0.3) is 11.3 Å². The van der Waals surface area contributed by atoms with Crippen LogP contribution in [0.2, 0.25) is 0 Å². The molecular weight excluding hydrogens is 429 g/mol. The summed E-state index contributed by atoms with van der Waals surface area (Å²) in [4.78, 5) is -0.406. The Bertz CT molecular complexity index is 1220. The van der Waals surface area contributed by atoms with Crippen molar-refractivity contribution in [2.75, 3.05) is 4.31 Å². The van der Waals surface area contributed by atoms with E-state index < -0.39 is 44.3 Å². The molecule has 0 radical (unpaired) electrons. The number of aromatic nitrogens is 2. The molecule has 0 unspecified atom stereocenters. The molecule has 0 fully saturated rings. The van der Waals surface area contributed by atoms with Gasteiger partial charge >= 0.3 is 6.18 Å². The lowest BCUT2D eigenvalue weighted by Crippen LogP contribution is -2.37. The van der Waals surface area contributed by atoms with Crippen LogP contribution in [0.1, 0.15) is 30.5 Å². The summed E-state index contributed by atoms with van der Waals surface area (Å²) in [5.41, 5.74) is -0.238. The molecule has 0 saturated heterocycles. The van der Waals surface area contributed by atoms with Gasteiger partial charge in [0.1, 0.15) is 0 Å². The highest BCUT2D eigenvalue weighted by molar-refractivity contribution is 7.92. The number of hydrogen-bond donors (Lipinski definition) is 1. The molecule has 11 heteroatoms. The van der Waals surface area contributed by atoms with Gasteiger partial charge in [-0.1, -0.05) is 6.92 Å². The number of benzene rings is 2. The topological polar surface area (TPSA) is 66.1 Å². The number of anilines is 1. The molecule has 1 aromatic heterocycles. The van der Waals surface area contributed by atoms with Gasteiger partial charge in [0.25, 0.3) is 10.0 Å². The first-order chi connectivity index (χ1) is 14.1. The Morgan fingerprint density at radius 3 is 2.33 bits per heavy atom. The summed E-state index contributed by atoms with van der Waals surface area (Å²) >= 11 is 0. The van der Waals surface area contributed by atoms with E-state index in [0.29, 0.717) is 23.4 Å². The molecule has 0 bridgehead atoms. The Morgan fingerprint density at radius 1 is 1.10 bits per heavy atom. The van der Waals surface area contributed by atoms with Gasteiger partial charge in [0, 0.05) is 17.2 Å². The molecule has 3 aromatic rings. The summed E-state index contributed by atoms with van der Waals surface area (Å²) in [5, 5.41) is 6.57. The minimum Gasteiger partial charge on any atom is -0.277 e. The number of hydrogen-bond acceptors (Lipinski definition) is 3. The van der Waals surface area contributed by atoms with E-state index in [1.807, 2.05) is 0 Å². The summed E-state index contributed by atoms with van der Waals surface area (Å²) in [6, 6.07) is 3.82. The van der Waals surface area contributed by atoms with Gasteiger partial charge in [0.15, 0.2) is 11.6 Å². The number of halogens is 5. The number of alkyl halides is 3. The molecule has 30 heavy (non-hydrogen) atoms. The summed E-state index contributed by atoms with van der Waals surface area (Å²) in [5.74, 6) is -2.42. The number of fused-ring (bicyclic) bond motifs is 3. The minimum atomic E-state index is -4.63. The van der Waals surface area contributed by atoms with Crippen LogP contribution in [-0.2, 0) is 16.2 Å². The number of rotatable bonds is 3. The van der Waals surface area contributed by atoms with Gasteiger partial charge in [-0.25, -0.2) is 17.2 Å². The van der Waals surface area contributed by atoms with Crippen molar-refractivity contribution >= 4 is 15.7 Å². The van der Waals surface area contributed by atoms with E-state index in [1.54, 1.807) is 6.92 Å². The summed E-state index contributed by atoms with van der Waals surface area (Å²) < 4.78 is 94.2. The van der Waals surface area contributed by atoms with Gasteiger partial charge in [0.05, 0.1) is 34.1 Å². The molecule has 1 atom stereocenters. The smallest absolute Gasteiger partial charge is 0.277 e. The molecule has 0 spiro atoms. The second kappa shape index (κ2) is 6.79. The van der Waals surface area contributed by atoms with E-state index in [2.05, 4.69) is 10.2 Å². The molecule has 0 amide bonds. The molecule has 2 heterocycles. The van der Waals surface area contributed by atoms with E-state index >= 15 is 0 Å². The molecule has 1 N–H and O–H groups in total. The zero-order chi connectivity index (χ0) is 21.8. The molecule has 5 nitrogen and oxygen atoms in total. The van der Waals surface area contributed by atoms with Crippen molar-refractivity contribution in [1.82, 2.24) is 10.2 Å². The van der Waals surface area contributed by atoms with Crippen molar-refractivity contribution in [2.24, 2.45) is 0 Å². The average Bonchev–Trinajstić information content (AvgIpc) is 3.17. The van der Waals surface area contributed by atoms with Gasteiger partial charge in [-0.05, 0) is 36.8 Å². The third-order valence-electron chi connectivity index (χ3n) is 4.98. The summed E-state index contributed by atoms with van der Waals surface area (Å²) in [6.45, 7) is 1.70. The van der Waals surface area contributed by atoms with Crippen molar-refractivity contribution in [2.45, 2.75) is 30.5 Å². The monoisotopic (exact) mass is 443 g/mol. The second-order valence-electron chi connectivity index (χ2n) is 6.73. The van der Waals surface area contributed by atoms with Gasteiger partial charge in [0.2, 0.25) is 0 Å². The molecule has 1 aliphatic rings. The van der Waals surface area contributed by atoms with Crippen LogP contribution in [-0.4, -0.2) is 18.6 Å². The fourth-order valence-corrected chi connectivity index (χ4v) is 5.30. The first-order valence-electron chi connectivity index (χ1n) is 8.80. The summed E-state index contributed by atoms with van der Waals surface area (Å²) in [6.07, 6.45) is -2.98. The van der Waals surface area contributed by atoms with Crippen LogP contribution >= 0.6 is 0 Å². The lowest BCUT2D eigenvalue weighted by Gasteiger charge is -2.37. The second-order valence-corrected chi connectivity index (χ2v) is 8.55. The average molecular weight is 443 g/mol. The fourth-order valence-electron chi connectivity index (χ4n) is 3.59. The Hall–Kier alpha value is -2.95. The number of aromatic amines is 1. The van der Waals surface area contributed by atoms with Crippen LogP contribution < -0.4 is 4.31 Å². The van der Waals surface area contributed by atoms with Crippen molar-refractivity contribution in [3.8, 4) is 11.3 Å². The zero-order valence-corrected chi connectivity index (χ0v) is 16.2. The lowest BCUT2D eigenvalue weighted by atomic mass is 9.94. The lowest BCUT2D eigenvalue weighted by molar-refractivity contribution is -0.137. The van der Waals surface area contributed by atoms with Crippen molar-refractivity contribution in [3.63, 3.8) is 0 Å².